The Morgan fingerprint density at radius 1 is 1.55 bits per heavy atom. The average Bonchev–Trinajstić information content (AvgIpc) is 2.02. The first-order valence-corrected chi connectivity index (χ1v) is 3.48. The summed E-state index contributed by atoms with van der Waals surface area (Å²) in [6.07, 6.45) is 0.479. The first kappa shape index (κ1) is 10.4. The van der Waals surface area contributed by atoms with E-state index in [0.717, 1.165) is 0 Å². The minimum absolute atomic E-state index is 0.0101. The Morgan fingerprint density at radius 3 is 2.45 bits per heavy atom. The molecule has 0 aliphatic rings. The van der Waals surface area contributed by atoms with E-state index in [1.54, 1.807) is 7.11 Å². The van der Waals surface area contributed by atoms with E-state index in [2.05, 4.69) is 4.74 Å². The van der Waals surface area contributed by atoms with Crippen LogP contribution in [0.1, 0.15) is 13.3 Å². The maximum Gasteiger partial charge on any atom is 0.322 e. The molecular formula is C7H15NO3. The van der Waals surface area contributed by atoms with Gasteiger partial charge < -0.3 is 15.2 Å². The van der Waals surface area contributed by atoms with Crippen LogP contribution in [0.5, 0.6) is 0 Å². The molecule has 66 valence electrons. The van der Waals surface area contributed by atoms with E-state index in [1.165, 1.54) is 7.11 Å². The number of esters is 1. The summed E-state index contributed by atoms with van der Waals surface area (Å²) in [7, 11) is 2.90. The zero-order valence-electron chi connectivity index (χ0n) is 7.16. The van der Waals surface area contributed by atoms with E-state index in [4.69, 9.17) is 10.5 Å². The Hall–Kier alpha value is -0.610. The minimum atomic E-state index is -0.574. The van der Waals surface area contributed by atoms with Gasteiger partial charge in [-0.05, 0) is 13.3 Å². The number of hydrogen-bond donors (Lipinski definition) is 1. The second-order valence-electron chi connectivity index (χ2n) is 2.41. The second kappa shape index (κ2) is 5.09. The van der Waals surface area contributed by atoms with E-state index in [9.17, 15) is 4.79 Å². The molecule has 0 aromatic heterocycles. The standard InChI is InChI=1S/C7H15NO3/c1-5(10-2)4-6(8)7(9)11-3/h5-6H,4,8H2,1-3H3. The summed E-state index contributed by atoms with van der Waals surface area (Å²) in [5, 5.41) is 0. The number of nitrogens with two attached hydrogens (primary N) is 1. The van der Waals surface area contributed by atoms with Crippen LogP contribution < -0.4 is 5.73 Å². The minimum Gasteiger partial charge on any atom is -0.468 e. The van der Waals surface area contributed by atoms with Crippen molar-refractivity contribution in [3.8, 4) is 0 Å². The number of methoxy groups -OCH3 is 2. The van der Waals surface area contributed by atoms with Gasteiger partial charge in [0.25, 0.3) is 0 Å². The molecule has 4 nitrogen and oxygen atoms in total. The molecular weight excluding hydrogens is 146 g/mol. The molecule has 0 spiro atoms. The number of ether oxygens (including phenoxy) is 2. The lowest BCUT2D eigenvalue weighted by Crippen LogP contribution is -2.34. The van der Waals surface area contributed by atoms with Crippen molar-refractivity contribution in [1.82, 2.24) is 0 Å². The van der Waals surface area contributed by atoms with Crippen LogP contribution in [-0.4, -0.2) is 32.3 Å². The molecule has 4 heteroatoms. The number of rotatable bonds is 4. The summed E-state index contributed by atoms with van der Waals surface area (Å²) in [6.45, 7) is 1.85. The summed E-state index contributed by atoms with van der Waals surface area (Å²) in [5.41, 5.74) is 5.45. The highest BCUT2D eigenvalue weighted by Gasteiger charge is 2.16. The van der Waals surface area contributed by atoms with Crippen molar-refractivity contribution in [1.29, 1.82) is 0 Å². The lowest BCUT2D eigenvalue weighted by atomic mass is 10.1. The van der Waals surface area contributed by atoms with Gasteiger partial charge >= 0.3 is 5.97 Å². The van der Waals surface area contributed by atoms with Crippen LogP contribution >= 0.6 is 0 Å². The Kier molecular flexibility index (Phi) is 4.81. The molecule has 0 aromatic carbocycles. The molecule has 0 aliphatic carbocycles. The van der Waals surface area contributed by atoms with Crippen LogP contribution in [0, 0.1) is 0 Å². The smallest absolute Gasteiger partial charge is 0.322 e. The third-order valence-electron chi connectivity index (χ3n) is 1.49. The summed E-state index contributed by atoms with van der Waals surface area (Å²) < 4.78 is 9.37. The highest BCUT2D eigenvalue weighted by atomic mass is 16.5. The van der Waals surface area contributed by atoms with Gasteiger partial charge in [0.1, 0.15) is 6.04 Å². The molecule has 2 unspecified atom stereocenters. The highest BCUT2D eigenvalue weighted by Crippen LogP contribution is 1.99. The van der Waals surface area contributed by atoms with Crippen molar-refractivity contribution in [2.75, 3.05) is 14.2 Å². The topological polar surface area (TPSA) is 61.5 Å². The van der Waals surface area contributed by atoms with E-state index < -0.39 is 12.0 Å². The molecule has 2 N–H and O–H groups in total. The fraction of sp³-hybridized carbons (Fsp3) is 0.857. The molecule has 0 radical (unpaired) electrons. The van der Waals surface area contributed by atoms with Crippen molar-refractivity contribution in [2.45, 2.75) is 25.5 Å². The molecule has 0 rings (SSSR count). The molecule has 0 saturated carbocycles. The van der Waals surface area contributed by atoms with E-state index >= 15 is 0 Å². The normalized spacial score (nSPS) is 15.6. The fourth-order valence-corrected chi connectivity index (χ4v) is 0.701. The summed E-state index contributed by atoms with van der Waals surface area (Å²) in [6, 6.07) is -0.574. The van der Waals surface area contributed by atoms with Crippen molar-refractivity contribution in [3.63, 3.8) is 0 Å². The lowest BCUT2D eigenvalue weighted by molar-refractivity contribution is -0.143. The predicted octanol–water partition coefficient (Wildman–Crippen LogP) is -0.0883. The summed E-state index contributed by atoms with van der Waals surface area (Å²) >= 11 is 0. The zero-order chi connectivity index (χ0) is 8.85. The van der Waals surface area contributed by atoms with Crippen LogP contribution in [0.3, 0.4) is 0 Å². The average molecular weight is 161 g/mol. The first-order valence-electron chi connectivity index (χ1n) is 3.48. The van der Waals surface area contributed by atoms with Gasteiger partial charge in [0.15, 0.2) is 0 Å². The van der Waals surface area contributed by atoms with Gasteiger partial charge in [0.05, 0.1) is 13.2 Å². The van der Waals surface area contributed by atoms with Gasteiger partial charge in [-0.3, -0.25) is 4.79 Å². The Morgan fingerprint density at radius 2 is 2.09 bits per heavy atom. The largest absolute Gasteiger partial charge is 0.468 e. The van der Waals surface area contributed by atoms with Crippen LogP contribution in [0.15, 0.2) is 0 Å². The van der Waals surface area contributed by atoms with Crippen molar-refractivity contribution < 1.29 is 14.3 Å². The number of carbonyl (C=O) groups excluding carboxylic acids is 1. The lowest BCUT2D eigenvalue weighted by Gasteiger charge is -2.13. The highest BCUT2D eigenvalue weighted by molar-refractivity contribution is 5.75. The molecule has 0 aromatic rings. The van der Waals surface area contributed by atoms with Gasteiger partial charge in [-0.1, -0.05) is 0 Å². The third-order valence-corrected chi connectivity index (χ3v) is 1.49. The Labute approximate surface area is 66.7 Å². The molecule has 0 heterocycles. The number of hydrogen-bond acceptors (Lipinski definition) is 4. The predicted molar refractivity (Wildman–Crippen MR) is 41.1 cm³/mol. The van der Waals surface area contributed by atoms with E-state index in [-0.39, 0.29) is 6.10 Å². The summed E-state index contributed by atoms with van der Waals surface area (Å²) in [4.78, 5) is 10.8. The summed E-state index contributed by atoms with van der Waals surface area (Å²) in [5.74, 6) is -0.395. The van der Waals surface area contributed by atoms with Gasteiger partial charge in [-0.2, -0.15) is 0 Å². The SMILES string of the molecule is COC(=O)C(N)CC(C)OC. The number of carbonyl (C=O) groups is 1. The molecule has 0 fully saturated rings. The Bertz CT molecular complexity index is 127. The van der Waals surface area contributed by atoms with Gasteiger partial charge in [-0.25, -0.2) is 0 Å². The maximum atomic E-state index is 10.8. The van der Waals surface area contributed by atoms with Gasteiger partial charge in [0, 0.05) is 7.11 Å². The Balaban J connectivity index is 3.67. The van der Waals surface area contributed by atoms with Crippen LogP contribution in [0.2, 0.25) is 0 Å². The molecule has 0 aliphatic heterocycles. The van der Waals surface area contributed by atoms with Gasteiger partial charge in [-0.15, -0.1) is 0 Å². The monoisotopic (exact) mass is 161 g/mol. The third kappa shape index (κ3) is 3.95. The van der Waals surface area contributed by atoms with E-state index in [1.807, 2.05) is 6.92 Å². The van der Waals surface area contributed by atoms with Crippen molar-refractivity contribution in [2.24, 2.45) is 5.73 Å². The second-order valence-corrected chi connectivity index (χ2v) is 2.41. The fourth-order valence-electron chi connectivity index (χ4n) is 0.701. The van der Waals surface area contributed by atoms with Crippen LogP contribution in [-0.2, 0) is 14.3 Å². The molecule has 0 amide bonds. The van der Waals surface area contributed by atoms with Gasteiger partial charge in [0.2, 0.25) is 0 Å². The first-order chi connectivity index (χ1) is 5.11. The van der Waals surface area contributed by atoms with Crippen LogP contribution in [0.4, 0.5) is 0 Å². The molecule has 0 bridgehead atoms. The molecule has 11 heavy (non-hydrogen) atoms. The van der Waals surface area contributed by atoms with Crippen molar-refractivity contribution >= 4 is 5.97 Å². The zero-order valence-corrected chi connectivity index (χ0v) is 7.16. The molecule has 2 atom stereocenters. The molecule has 0 saturated heterocycles. The van der Waals surface area contributed by atoms with Crippen molar-refractivity contribution in [3.05, 3.63) is 0 Å². The maximum absolute atomic E-state index is 10.8. The van der Waals surface area contributed by atoms with Crippen LogP contribution in [0.25, 0.3) is 0 Å². The van der Waals surface area contributed by atoms with E-state index in [0.29, 0.717) is 6.42 Å². The quantitative estimate of drug-likeness (QED) is 0.585.